The van der Waals surface area contributed by atoms with E-state index < -0.39 is 92.7 Å². The smallest absolute Gasteiger partial charge is 0.303 e. The number of anilines is 1. The van der Waals surface area contributed by atoms with Gasteiger partial charge >= 0.3 is 5.97 Å². The molecule has 6 rings (SSSR count). The fraction of sp³-hybridized carbons (Fsp3) is 0.395. The summed E-state index contributed by atoms with van der Waals surface area (Å²) >= 11 is 0. The van der Waals surface area contributed by atoms with Crippen molar-refractivity contribution < 1.29 is 84.1 Å². The molecule has 2 atom stereocenters. The third kappa shape index (κ3) is 10.4. The molecule has 2 heterocycles. The third-order valence-corrected chi connectivity index (χ3v) is 16.8. The van der Waals surface area contributed by atoms with Crippen LogP contribution in [0.1, 0.15) is 76.8 Å². The standard InChI is InChI=1S/C43H50N2O18S5/c1-5-44-33-16-14-29-31(23-27(65(51,52)53)25-35(29)67(57,58)59)40(33)42(2,18-10-22-64(48,49)50)37(44)11-9-12-38-43(3,19-21-63-4)41-32-24-28(66(54,55)56)26-36(68(60,61)62)30(32)15-17-34(41)45(38)20-8-6-7-13-39(46)47/h9,11-12,14-17,23-26H,5-8,10,13,18-22H2,1-4H3,(H5-,46,47,48,49,50,51,52,53,54,55,56,57,58,59,60,61,62)/p-4. The van der Waals surface area contributed by atoms with Crippen LogP contribution in [0.2, 0.25) is 0 Å². The molecule has 2 unspecified atom stereocenters. The van der Waals surface area contributed by atoms with Crippen molar-refractivity contribution in [1.82, 2.24) is 0 Å². The predicted molar refractivity (Wildman–Crippen MR) is 241 cm³/mol. The van der Waals surface area contributed by atoms with Gasteiger partial charge in [0, 0.05) is 78.7 Å². The van der Waals surface area contributed by atoms with E-state index in [0.29, 0.717) is 59.7 Å². The Balaban J connectivity index is 1.64. The molecular formula is C43H46N2O18S5-4. The molecule has 0 aromatic heterocycles. The van der Waals surface area contributed by atoms with Gasteiger partial charge in [0.1, 0.15) is 47.0 Å². The number of rotatable bonds is 20. The van der Waals surface area contributed by atoms with Gasteiger partial charge in [0.15, 0.2) is 5.71 Å². The fourth-order valence-corrected chi connectivity index (χ4v) is 12.8. The lowest BCUT2D eigenvalue weighted by atomic mass is 9.74. The number of nitrogens with zero attached hydrogens (tertiary/aromatic N) is 2. The molecule has 0 saturated carbocycles. The molecule has 25 heteroatoms. The van der Waals surface area contributed by atoms with Gasteiger partial charge in [0.2, 0.25) is 5.69 Å². The van der Waals surface area contributed by atoms with E-state index in [-0.39, 0.29) is 72.5 Å². The number of fused-ring (bicyclic) bond motifs is 6. The monoisotopic (exact) mass is 1040 g/mol. The molecule has 0 bridgehead atoms. The van der Waals surface area contributed by atoms with Gasteiger partial charge in [-0.25, -0.2) is 42.1 Å². The number of carbonyl (C=O) groups is 1. The summed E-state index contributed by atoms with van der Waals surface area (Å²) in [4.78, 5) is 9.18. The van der Waals surface area contributed by atoms with E-state index in [1.54, 1.807) is 50.0 Å². The molecular weight excluding hydrogens is 993 g/mol. The first-order valence-electron chi connectivity index (χ1n) is 20.9. The highest BCUT2D eigenvalue weighted by atomic mass is 32.2. The van der Waals surface area contributed by atoms with Crippen molar-refractivity contribution in [3.8, 4) is 0 Å². The molecule has 0 fully saturated rings. The van der Waals surface area contributed by atoms with Crippen molar-refractivity contribution >= 4 is 95.2 Å². The molecule has 68 heavy (non-hydrogen) atoms. The van der Waals surface area contributed by atoms with Crippen LogP contribution in [-0.2, 0) is 71.0 Å². The van der Waals surface area contributed by atoms with E-state index in [1.807, 2.05) is 4.58 Å². The minimum atomic E-state index is -5.40. The first-order valence-corrected chi connectivity index (χ1v) is 28.1. The molecule has 0 saturated heterocycles. The molecule has 20 nitrogen and oxygen atoms in total. The number of allylic oxidation sites excluding steroid dienone is 4. The second-order valence-electron chi connectivity index (χ2n) is 16.9. The Kier molecular flexibility index (Phi) is 14.7. The van der Waals surface area contributed by atoms with Crippen molar-refractivity contribution in [2.75, 3.05) is 37.5 Å². The summed E-state index contributed by atoms with van der Waals surface area (Å²) in [5.74, 6) is -1.82. The number of ether oxygens (including phenoxy) is 1. The second kappa shape index (κ2) is 18.9. The van der Waals surface area contributed by atoms with Gasteiger partial charge in [0.05, 0.1) is 35.1 Å². The molecule has 4 aromatic carbocycles. The number of hydrogen-bond acceptors (Lipinski definition) is 18. The van der Waals surface area contributed by atoms with Crippen LogP contribution in [0.5, 0.6) is 0 Å². The highest BCUT2D eigenvalue weighted by Crippen LogP contribution is 2.54. The Morgan fingerprint density at radius 2 is 1.26 bits per heavy atom. The number of carboxylic acid groups (broad SMARTS) is 1. The highest BCUT2D eigenvalue weighted by molar-refractivity contribution is 7.87. The minimum Gasteiger partial charge on any atom is -0.748 e. The highest BCUT2D eigenvalue weighted by Gasteiger charge is 2.49. The zero-order valence-electron chi connectivity index (χ0n) is 37.0. The minimum absolute atomic E-state index is 0.0276. The average Bonchev–Trinajstić information content (AvgIpc) is 3.60. The Morgan fingerprint density at radius 3 is 1.76 bits per heavy atom. The number of likely N-dealkylation sites (N-methyl/N-ethyl adjacent to an activating group) is 1. The van der Waals surface area contributed by atoms with Crippen LogP contribution < -0.4 is 4.90 Å². The van der Waals surface area contributed by atoms with Crippen LogP contribution >= 0.6 is 0 Å². The van der Waals surface area contributed by atoms with E-state index >= 15 is 0 Å². The van der Waals surface area contributed by atoms with Gasteiger partial charge in [-0.1, -0.05) is 12.1 Å². The van der Waals surface area contributed by atoms with E-state index in [4.69, 9.17) is 4.74 Å². The summed E-state index contributed by atoms with van der Waals surface area (Å²) < 4.78 is 193. The average molecular weight is 1040 g/mol. The summed E-state index contributed by atoms with van der Waals surface area (Å²) in [5.41, 5.74) is -0.318. The van der Waals surface area contributed by atoms with E-state index in [2.05, 4.69) is 0 Å². The molecule has 370 valence electrons. The summed E-state index contributed by atoms with van der Waals surface area (Å²) in [6, 6.07) is 8.59. The van der Waals surface area contributed by atoms with Crippen LogP contribution in [0.15, 0.2) is 92.0 Å². The van der Waals surface area contributed by atoms with Gasteiger partial charge in [-0.05, 0) is 117 Å². The fourth-order valence-electron chi connectivity index (χ4n) is 9.65. The summed E-state index contributed by atoms with van der Waals surface area (Å²) in [7, 11) is -24.8. The molecule has 4 aromatic rings. The number of aliphatic carboxylic acids is 1. The van der Waals surface area contributed by atoms with Gasteiger partial charge in [-0.2, -0.15) is 4.58 Å². The van der Waals surface area contributed by atoms with Gasteiger partial charge in [-0.3, -0.25) is 4.79 Å². The predicted octanol–water partition coefficient (Wildman–Crippen LogP) is 4.21. The Hall–Kier alpha value is -4.67. The molecule has 2 aliphatic rings. The maximum absolute atomic E-state index is 12.6. The summed E-state index contributed by atoms with van der Waals surface area (Å²) in [5, 5.41) is 8.74. The van der Waals surface area contributed by atoms with Crippen molar-refractivity contribution in [3.63, 3.8) is 0 Å². The lowest BCUT2D eigenvalue weighted by molar-refractivity contribution is -0.438. The Bertz CT molecular complexity index is 3420. The summed E-state index contributed by atoms with van der Waals surface area (Å²) in [6.07, 6.45) is 5.77. The molecule has 1 N–H and O–H groups in total. The number of unbranched alkanes of at least 4 members (excludes halogenated alkanes) is 2. The third-order valence-electron chi connectivity index (χ3n) is 12.6. The number of hydrogen-bond donors (Lipinski definition) is 1. The zero-order valence-corrected chi connectivity index (χ0v) is 41.0. The zero-order chi connectivity index (χ0) is 50.6. The quantitative estimate of drug-likeness (QED) is 0.0736. The molecule has 0 radical (unpaired) electrons. The lowest BCUT2D eigenvalue weighted by Gasteiger charge is -2.31. The number of methoxy groups -OCH3 is 1. The van der Waals surface area contributed by atoms with E-state index in [9.17, 15) is 74.8 Å². The molecule has 0 aliphatic carbocycles. The van der Waals surface area contributed by atoms with Crippen LogP contribution in [0, 0.1) is 0 Å². The summed E-state index contributed by atoms with van der Waals surface area (Å²) in [6.45, 7) is 5.63. The van der Waals surface area contributed by atoms with Crippen molar-refractivity contribution in [2.24, 2.45) is 0 Å². The Labute approximate surface area is 394 Å². The normalized spacial score (nSPS) is 19.8. The second-order valence-corrected chi connectivity index (χ2v) is 23.9. The van der Waals surface area contributed by atoms with Gasteiger partial charge in [-0.15, -0.1) is 0 Å². The Morgan fingerprint density at radius 1 is 0.706 bits per heavy atom. The van der Waals surface area contributed by atoms with Gasteiger partial charge in [0.25, 0.3) is 0 Å². The van der Waals surface area contributed by atoms with Crippen LogP contribution in [0.25, 0.3) is 21.5 Å². The lowest BCUT2D eigenvalue weighted by Crippen LogP contribution is -2.33. The van der Waals surface area contributed by atoms with Crippen LogP contribution in [0.4, 0.5) is 11.4 Å². The first-order chi connectivity index (χ1) is 31.4. The topological polar surface area (TPSA) is 339 Å². The van der Waals surface area contributed by atoms with E-state index in [1.165, 1.54) is 25.3 Å². The SMILES string of the molecule is CCN1/C(=C/C=C/C2=[N+](CCCCCC(=O)O)c3ccc4c(S(=O)(=O)[O-])cc(S(=O)(=O)[O-])cc4c3C2(C)CCOC)C(C)(CCCS(=O)(=O)[O-])c2c1ccc1c(S(=O)(=O)[O-])cc(S(=O)(=O)[O-])cc21. The van der Waals surface area contributed by atoms with Gasteiger partial charge < -0.3 is 37.5 Å². The van der Waals surface area contributed by atoms with Crippen molar-refractivity contribution in [3.05, 3.63) is 83.6 Å². The molecule has 0 spiro atoms. The van der Waals surface area contributed by atoms with Crippen LogP contribution in [0.3, 0.4) is 0 Å². The molecule has 0 amide bonds. The van der Waals surface area contributed by atoms with E-state index in [0.717, 1.165) is 12.1 Å². The maximum Gasteiger partial charge on any atom is 0.303 e. The maximum atomic E-state index is 12.6. The van der Waals surface area contributed by atoms with Crippen molar-refractivity contribution in [1.29, 1.82) is 0 Å². The first kappa shape index (κ1) is 52.7. The number of benzene rings is 4. The van der Waals surface area contributed by atoms with Crippen LogP contribution in [-0.4, -0.2) is 119 Å². The number of carboxylic acids is 1. The van der Waals surface area contributed by atoms with Crippen molar-refractivity contribution in [2.45, 2.75) is 96.1 Å². The largest absolute Gasteiger partial charge is 0.748 e. The molecule has 2 aliphatic heterocycles.